The quantitative estimate of drug-likeness (QED) is 0.483. The minimum atomic E-state index is -0.167. The normalized spacial score (nSPS) is 7.00. The van der Waals surface area contributed by atoms with Gasteiger partial charge in [0.15, 0.2) is 0 Å². The summed E-state index contributed by atoms with van der Waals surface area (Å²) in [6.07, 6.45) is -0.167. The zero-order chi connectivity index (χ0) is 5.58. The molecule has 0 fully saturated rings. The summed E-state index contributed by atoms with van der Waals surface area (Å²) < 4.78 is 7.88. The predicted molar refractivity (Wildman–Crippen MR) is 18.0 cm³/mol. The maximum absolute atomic E-state index is 8.06. The number of hydrogen-bond donors (Lipinski definition) is 1. The van der Waals surface area contributed by atoms with Crippen LogP contribution < -0.4 is 0 Å². The first-order valence-electron chi connectivity index (χ1n) is 1.54. The average Bonchev–Trinajstić information content (AvgIpc) is 1.41. The van der Waals surface area contributed by atoms with Gasteiger partial charge in [0, 0.05) is 6.10 Å². The summed E-state index contributed by atoms with van der Waals surface area (Å²) in [7, 11) is 0. The molecule has 0 saturated carbocycles. The van der Waals surface area contributed by atoms with Gasteiger partial charge < -0.3 is 5.11 Å². The first-order valence-corrected chi connectivity index (χ1v) is 1.95. The summed E-state index contributed by atoms with van der Waals surface area (Å²) >= 11 is 2.62. The predicted octanol–water partition coefficient (Wildman–Crippen LogP) is 0.266. The van der Waals surface area contributed by atoms with E-state index in [1.165, 1.54) is 0 Å². The fraction of sp³-hybridized carbons (Fsp3) is 1.00. The van der Waals surface area contributed by atoms with Crippen LogP contribution in [0.2, 0.25) is 0 Å². The van der Waals surface area contributed by atoms with Gasteiger partial charge in [-0.05, 0) is 13.8 Å². The Morgan fingerprint density at radius 3 is 1.50 bits per heavy atom. The standard InChI is InChI=1S/C3H8O.Ni.O/c1-3(2)4;;/h3-4H,1-2H3;;. The Labute approximate surface area is 45.1 Å². The molecule has 3 heteroatoms. The van der Waals surface area contributed by atoms with Gasteiger partial charge in [-0.2, -0.15) is 0 Å². The second-order valence-corrected chi connectivity index (χ2v) is 1.09. The topological polar surface area (TPSA) is 37.3 Å². The van der Waals surface area contributed by atoms with Gasteiger partial charge in [0.25, 0.3) is 0 Å². The molecule has 0 unspecified atom stereocenters. The van der Waals surface area contributed by atoms with Gasteiger partial charge in [-0.1, -0.05) is 0 Å². The van der Waals surface area contributed by atoms with Gasteiger partial charge >= 0.3 is 19.3 Å². The fourth-order valence-corrected chi connectivity index (χ4v) is 0. The molecule has 0 spiro atoms. The molecule has 0 bridgehead atoms. The van der Waals surface area contributed by atoms with Crippen LogP contribution in [0, 0.1) is 0 Å². The Balaban J connectivity index is 0. The summed E-state index contributed by atoms with van der Waals surface area (Å²) in [6.45, 7) is 3.44. The van der Waals surface area contributed by atoms with E-state index in [0.717, 1.165) is 0 Å². The van der Waals surface area contributed by atoms with Gasteiger partial charge in [0.1, 0.15) is 0 Å². The molecular weight excluding hydrogens is 127 g/mol. The third-order valence-electron chi connectivity index (χ3n) is 0. The van der Waals surface area contributed by atoms with E-state index < -0.39 is 0 Å². The molecule has 0 aromatic rings. The van der Waals surface area contributed by atoms with E-state index in [9.17, 15) is 0 Å². The van der Waals surface area contributed by atoms with Crippen LogP contribution in [0.25, 0.3) is 0 Å². The van der Waals surface area contributed by atoms with Crippen molar-refractivity contribution >= 4 is 0 Å². The molecule has 0 aromatic heterocycles. The van der Waals surface area contributed by atoms with Crippen molar-refractivity contribution in [2.24, 2.45) is 0 Å². The zero-order valence-corrected chi connectivity index (χ0v) is 4.74. The van der Waals surface area contributed by atoms with Crippen molar-refractivity contribution in [3.8, 4) is 0 Å². The van der Waals surface area contributed by atoms with Crippen molar-refractivity contribution in [1.29, 1.82) is 0 Å². The molecule has 1 N–H and O–H groups in total. The maximum atomic E-state index is 8.06. The van der Waals surface area contributed by atoms with Crippen LogP contribution in [0.1, 0.15) is 13.8 Å². The Morgan fingerprint density at radius 1 is 1.50 bits per heavy atom. The van der Waals surface area contributed by atoms with Crippen molar-refractivity contribution in [3.63, 3.8) is 0 Å². The summed E-state index contributed by atoms with van der Waals surface area (Å²) in [4.78, 5) is 0. The van der Waals surface area contributed by atoms with Crippen molar-refractivity contribution in [3.05, 3.63) is 0 Å². The van der Waals surface area contributed by atoms with Crippen molar-refractivity contribution in [2.75, 3.05) is 0 Å². The van der Waals surface area contributed by atoms with Gasteiger partial charge in [-0.15, -0.1) is 0 Å². The molecule has 0 amide bonds. The van der Waals surface area contributed by atoms with E-state index in [2.05, 4.69) is 15.4 Å². The Morgan fingerprint density at radius 2 is 1.50 bits per heavy atom. The van der Waals surface area contributed by atoms with Crippen molar-refractivity contribution in [1.82, 2.24) is 0 Å². The van der Waals surface area contributed by atoms with E-state index in [1.807, 2.05) is 0 Å². The van der Waals surface area contributed by atoms with Crippen molar-refractivity contribution < 1.29 is 24.4 Å². The third kappa shape index (κ3) is 701. The molecule has 0 atom stereocenters. The van der Waals surface area contributed by atoms with Crippen LogP contribution in [-0.4, -0.2) is 11.2 Å². The van der Waals surface area contributed by atoms with Gasteiger partial charge in [-0.25, -0.2) is 0 Å². The molecule has 0 rings (SSSR count). The van der Waals surface area contributed by atoms with Gasteiger partial charge in [-0.3, -0.25) is 0 Å². The SMILES string of the molecule is CC(C)O.[O]=[Ni]. The molecule has 0 heterocycles. The zero-order valence-electron chi connectivity index (χ0n) is 3.75. The molecule has 0 aliphatic heterocycles. The monoisotopic (exact) mass is 134 g/mol. The molecule has 6 heavy (non-hydrogen) atoms. The molecular formula is C3H8NiO2. The van der Waals surface area contributed by atoms with Crippen LogP contribution in [0.5, 0.6) is 0 Å². The molecule has 0 radical (unpaired) electrons. The van der Waals surface area contributed by atoms with E-state index in [1.54, 1.807) is 13.8 Å². The van der Waals surface area contributed by atoms with Gasteiger partial charge in [0.05, 0.1) is 0 Å². The first-order chi connectivity index (χ1) is 2.73. The Bertz CT molecular complexity index is 20.0. The minimum absolute atomic E-state index is 0.167. The third-order valence-corrected chi connectivity index (χ3v) is 0. The first kappa shape index (κ1) is 9.54. The molecule has 0 saturated heterocycles. The second-order valence-electron chi connectivity index (χ2n) is 1.09. The van der Waals surface area contributed by atoms with Crippen LogP contribution >= 0.6 is 0 Å². The summed E-state index contributed by atoms with van der Waals surface area (Å²) in [5.74, 6) is 0. The van der Waals surface area contributed by atoms with E-state index in [4.69, 9.17) is 9.00 Å². The second kappa shape index (κ2) is 8.98. The Kier molecular flexibility index (Phi) is 14.3. The number of aliphatic hydroxyl groups excluding tert-OH is 1. The van der Waals surface area contributed by atoms with Crippen LogP contribution in [-0.2, 0) is 19.3 Å². The molecule has 0 aromatic carbocycles. The molecule has 2 nitrogen and oxygen atoms in total. The van der Waals surface area contributed by atoms with E-state index in [-0.39, 0.29) is 6.10 Å². The molecule has 42 valence electrons. The van der Waals surface area contributed by atoms with Crippen LogP contribution in [0.4, 0.5) is 0 Å². The summed E-state index contributed by atoms with van der Waals surface area (Å²) in [6, 6.07) is 0. The van der Waals surface area contributed by atoms with Crippen molar-refractivity contribution in [2.45, 2.75) is 20.0 Å². The molecule has 0 aliphatic carbocycles. The van der Waals surface area contributed by atoms with Crippen LogP contribution in [0.3, 0.4) is 0 Å². The number of aliphatic hydroxyl groups is 1. The van der Waals surface area contributed by atoms with E-state index in [0.29, 0.717) is 0 Å². The summed E-state index contributed by atoms with van der Waals surface area (Å²) in [5, 5.41) is 8.06. The average molecular weight is 135 g/mol. The van der Waals surface area contributed by atoms with Gasteiger partial charge in [0.2, 0.25) is 0 Å². The Hall–Kier alpha value is 0.254. The number of hydrogen-bond acceptors (Lipinski definition) is 2. The fourth-order valence-electron chi connectivity index (χ4n) is 0. The van der Waals surface area contributed by atoms with Crippen LogP contribution in [0.15, 0.2) is 0 Å². The number of rotatable bonds is 0. The van der Waals surface area contributed by atoms with E-state index >= 15 is 0 Å². The summed E-state index contributed by atoms with van der Waals surface area (Å²) in [5.41, 5.74) is 0. The molecule has 0 aliphatic rings.